The quantitative estimate of drug-likeness (QED) is 0.427. The van der Waals surface area contributed by atoms with Crippen LogP contribution in [0.2, 0.25) is 0 Å². The molecule has 2 atom stereocenters. The van der Waals surface area contributed by atoms with Crippen molar-refractivity contribution in [2.75, 3.05) is 5.75 Å². The molecule has 1 fully saturated rings. The van der Waals surface area contributed by atoms with E-state index in [-0.39, 0.29) is 0 Å². The first-order chi connectivity index (χ1) is 11.2. The number of aryl methyl sites for hydroxylation is 1. The molecule has 0 bridgehead atoms. The first kappa shape index (κ1) is 16.9. The lowest BCUT2D eigenvalue weighted by molar-refractivity contribution is 0.584. The van der Waals surface area contributed by atoms with Gasteiger partial charge in [0, 0.05) is 28.6 Å². The smallest absolute Gasteiger partial charge is 0.0654 e. The van der Waals surface area contributed by atoms with E-state index < -0.39 is 0 Å². The topological polar surface area (TPSA) is 0 Å². The van der Waals surface area contributed by atoms with Gasteiger partial charge in [-0.15, -0.1) is 0 Å². The number of unbranched alkanes of at least 4 members (excludes halogenated alkanes) is 2. The second-order valence-electron chi connectivity index (χ2n) is 7.28. The highest BCUT2D eigenvalue weighted by atomic mass is 32.2. The largest absolute Gasteiger partial charge is 0.163 e. The Morgan fingerprint density at radius 3 is 2.57 bits per heavy atom. The highest BCUT2D eigenvalue weighted by Gasteiger charge is 2.40. The van der Waals surface area contributed by atoms with E-state index in [0.717, 1.165) is 11.2 Å². The minimum atomic E-state index is 0.451. The van der Waals surface area contributed by atoms with Gasteiger partial charge < -0.3 is 0 Å². The van der Waals surface area contributed by atoms with E-state index in [1.807, 2.05) is 0 Å². The molecule has 0 spiro atoms. The molecule has 23 heavy (non-hydrogen) atoms. The van der Waals surface area contributed by atoms with Gasteiger partial charge in [0.05, 0.1) is 0 Å². The molecule has 1 saturated heterocycles. The number of hydrogen-bond donors (Lipinski definition) is 0. The van der Waals surface area contributed by atoms with Gasteiger partial charge in [-0.25, -0.2) is 0 Å². The molecule has 3 rings (SSSR count). The van der Waals surface area contributed by atoms with Crippen molar-refractivity contribution >= 4 is 21.7 Å². The summed E-state index contributed by atoms with van der Waals surface area (Å²) in [6, 6.07) is 14.1. The molecule has 1 heteroatoms. The zero-order valence-electron chi connectivity index (χ0n) is 15.0. The van der Waals surface area contributed by atoms with E-state index in [2.05, 4.69) is 57.2 Å². The number of fused-ring (bicyclic) bond motifs is 1. The van der Waals surface area contributed by atoms with Gasteiger partial charge in [-0.2, -0.15) is 0 Å². The average molecular weight is 328 g/mol. The van der Waals surface area contributed by atoms with E-state index in [9.17, 15) is 0 Å². The monoisotopic (exact) mass is 327 g/mol. The Morgan fingerprint density at radius 1 is 1.04 bits per heavy atom. The van der Waals surface area contributed by atoms with Crippen molar-refractivity contribution in [2.45, 2.75) is 69.4 Å². The van der Waals surface area contributed by atoms with Gasteiger partial charge in [-0.3, -0.25) is 0 Å². The summed E-state index contributed by atoms with van der Waals surface area (Å²) < 4.78 is 0. The normalized spacial score (nSPS) is 21.4. The Bertz CT molecular complexity index is 643. The predicted octanol–water partition coefficient (Wildman–Crippen LogP) is 6.37. The molecule has 1 aliphatic rings. The van der Waals surface area contributed by atoms with Gasteiger partial charge in [0.15, 0.2) is 4.90 Å². The Morgan fingerprint density at radius 2 is 1.83 bits per heavy atom. The lowest BCUT2D eigenvalue weighted by atomic mass is 10.00. The predicted molar refractivity (Wildman–Crippen MR) is 106 cm³/mol. The van der Waals surface area contributed by atoms with Crippen LogP contribution in [-0.4, -0.2) is 11.0 Å². The maximum atomic E-state index is 2.48. The van der Waals surface area contributed by atoms with Gasteiger partial charge in [0.2, 0.25) is 0 Å². The van der Waals surface area contributed by atoms with Crippen LogP contribution in [0.1, 0.15) is 58.4 Å². The molecule has 124 valence electrons. The number of hydrogen-bond acceptors (Lipinski definition) is 0. The number of rotatable bonds is 6. The van der Waals surface area contributed by atoms with Crippen molar-refractivity contribution in [3.8, 4) is 0 Å². The van der Waals surface area contributed by atoms with Crippen molar-refractivity contribution < 1.29 is 0 Å². The fraction of sp³-hybridized carbons (Fsp3) is 0.545. The lowest BCUT2D eigenvalue weighted by Crippen LogP contribution is -2.23. The third kappa shape index (κ3) is 3.60. The zero-order valence-corrected chi connectivity index (χ0v) is 15.8. The molecule has 1 heterocycles. The summed E-state index contributed by atoms with van der Waals surface area (Å²) in [5.41, 5.74) is 1.56. The van der Waals surface area contributed by atoms with Gasteiger partial charge in [-0.05, 0) is 42.3 Å². The molecule has 0 nitrogen and oxygen atoms in total. The fourth-order valence-electron chi connectivity index (χ4n) is 4.01. The third-order valence-corrected chi connectivity index (χ3v) is 8.43. The maximum Gasteiger partial charge on any atom is 0.163 e. The van der Waals surface area contributed by atoms with Crippen LogP contribution >= 0.6 is 0 Å². The summed E-state index contributed by atoms with van der Waals surface area (Å²) in [6.45, 7) is 7.11. The van der Waals surface area contributed by atoms with Crippen LogP contribution in [-0.2, 0) is 17.3 Å². The second kappa shape index (κ2) is 7.75. The molecule has 1 aliphatic heterocycles. The Balaban J connectivity index is 1.97. The van der Waals surface area contributed by atoms with Crippen molar-refractivity contribution in [2.24, 2.45) is 5.92 Å². The Hall–Kier alpha value is -0.950. The molecule has 0 aromatic heterocycles. The molecule has 0 radical (unpaired) electrons. The van der Waals surface area contributed by atoms with E-state index >= 15 is 0 Å². The first-order valence-electron chi connectivity index (χ1n) is 9.42. The summed E-state index contributed by atoms with van der Waals surface area (Å²) in [5, 5.41) is 3.95. The maximum absolute atomic E-state index is 2.48. The molecule has 0 aliphatic carbocycles. The Labute approximate surface area is 145 Å². The van der Waals surface area contributed by atoms with Gasteiger partial charge in [0.25, 0.3) is 0 Å². The van der Waals surface area contributed by atoms with E-state index in [4.69, 9.17) is 0 Å². The summed E-state index contributed by atoms with van der Waals surface area (Å²) >= 11 is 0. The molecule has 0 N–H and O–H groups in total. The molecule has 0 saturated carbocycles. The van der Waals surface area contributed by atoms with Crippen LogP contribution < -0.4 is 0 Å². The van der Waals surface area contributed by atoms with Gasteiger partial charge in [-0.1, -0.05) is 57.9 Å². The highest BCUT2D eigenvalue weighted by molar-refractivity contribution is 7.98. The van der Waals surface area contributed by atoms with Gasteiger partial charge >= 0.3 is 0 Å². The average Bonchev–Trinajstić information content (AvgIpc) is 3.05. The van der Waals surface area contributed by atoms with E-state index in [1.165, 1.54) is 55.1 Å². The molecular formula is C22H31S+. The summed E-state index contributed by atoms with van der Waals surface area (Å²) in [5.74, 6) is 2.21. The second-order valence-corrected chi connectivity index (χ2v) is 9.59. The summed E-state index contributed by atoms with van der Waals surface area (Å²) in [4.78, 5) is 1.65. The minimum Gasteiger partial charge on any atom is -0.0654 e. The Kier molecular flexibility index (Phi) is 5.69. The van der Waals surface area contributed by atoms with E-state index in [0.29, 0.717) is 10.9 Å². The minimum absolute atomic E-state index is 0.451. The fourth-order valence-corrected chi connectivity index (χ4v) is 7.15. The molecule has 2 aromatic carbocycles. The number of benzene rings is 2. The zero-order chi connectivity index (χ0) is 16.2. The van der Waals surface area contributed by atoms with Crippen molar-refractivity contribution in [1.82, 2.24) is 0 Å². The SMILES string of the molecule is CCCCCc1ccc([S+]2CCCC2C(C)C)c2ccccc12. The molecule has 0 amide bonds. The van der Waals surface area contributed by atoms with Crippen LogP contribution in [0.15, 0.2) is 41.3 Å². The van der Waals surface area contributed by atoms with Crippen LogP contribution in [0.4, 0.5) is 0 Å². The molecule has 2 unspecified atom stereocenters. The van der Waals surface area contributed by atoms with Crippen LogP contribution in [0.25, 0.3) is 10.8 Å². The highest BCUT2D eigenvalue weighted by Crippen LogP contribution is 2.38. The molecule has 2 aromatic rings. The van der Waals surface area contributed by atoms with Crippen molar-refractivity contribution in [3.63, 3.8) is 0 Å². The van der Waals surface area contributed by atoms with Crippen LogP contribution in [0, 0.1) is 5.92 Å². The standard InChI is InChI=1S/C22H31S/c1-4-5-6-10-18-14-15-22(20-12-8-7-11-19(18)20)23-16-9-13-21(23)17(2)3/h7-8,11-12,14-15,17,21H,4-6,9-10,13,16H2,1-3H3/q+1. The van der Waals surface area contributed by atoms with E-state index in [1.54, 1.807) is 10.5 Å². The third-order valence-electron chi connectivity index (χ3n) is 5.27. The van der Waals surface area contributed by atoms with Crippen molar-refractivity contribution in [3.05, 3.63) is 42.0 Å². The van der Waals surface area contributed by atoms with Gasteiger partial charge in [0.1, 0.15) is 11.0 Å². The summed E-state index contributed by atoms with van der Waals surface area (Å²) in [6.07, 6.45) is 8.04. The molecular weight excluding hydrogens is 296 g/mol. The van der Waals surface area contributed by atoms with Crippen LogP contribution in [0.3, 0.4) is 0 Å². The summed E-state index contributed by atoms with van der Waals surface area (Å²) in [7, 11) is 0.451. The first-order valence-corrected chi connectivity index (χ1v) is 10.9. The van der Waals surface area contributed by atoms with Crippen LogP contribution in [0.5, 0.6) is 0 Å². The lowest BCUT2D eigenvalue weighted by Gasteiger charge is -2.17. The van der Waals surface area contributed by atoms with Crippen molar-refractivity contribution in [1.29, 1.82) is 0 Å².